The second-order valence-corrected chi connectivity index (χ2v) is 7.13. The number of sulfonamides is 1. The van der Waals surface area contributed by atoms with Gasteiger partial charge in [0.2, 0.25) is 10.0 Å². The lowest BCUT2D eigenvalue weighted by Gasteiger charge is -2.11. The Balaban J connectivity index is 0.00000529. The van der Waals surface area contributed by atoms with Crippen molar-refractivity contribution >= 4 is 40.0 Å². The molecule has 0 bridgehead atoms. The SMILES string of the molecule is CCNC(=NCCCc1ccccc1)NCCCNS(C)(=O)=O.I. The molecular formula is C16H29IN4O2S. The van der Waals surface area contributed by atoms with E-state index in [0.717, 1.165) is 31.9 Å². The maximum Gasteiger partial charge on any atom is 0.208 e. The van der Waals surface area contributed by atoms with Gasteiger partial charge in [-0.05, 0) is 31.7 Å². The summed E-state index contributed by atoms with van der Waals surface area (Å²) in [7, 11) is -3.10. The van der Waals surface area contributed by atoms with Crippen LogP contribution in [-0.2, 0) is 16.4 Å². The zero-order chi connectivity index (χ0) is 17.0. The Labute approximate surface area is 163 Å². The summed E-state index contributed by atoms with van der Waals surface area (Å²) in [6, 6.07) is 10.4. The zero-order valence-corrected chi connectivity index (χ0v) is 17.6. The molecule has 0 fully saturated rings. The Hall–Kier alpha value is -0.870. The average molecular weight is 468 g/mol. The van der Waals surface area contributed by atoms with Gasteiger partial charge in [0, 0.05) is 26.2 Å². The first-order valence-corrected chi connectivity index (χ1v) is 9.91. The molecule has 1 aromatic carbocycles. The quantitative estimate of drug-likeness (QED) is 0.212. The number of aryl methyl sites for hydroxylation is 1. The number of nitrogens with one attached hydrogen (secondary N) is 3. The van der Waals surface area contributed by atoms with Gasteiger partial charge in [0.25, 0.3) is 0 Å². The lowest BCUT2D eigenvalue weighted by atomic mass is 10.1. The van der Waals surface area contributed by atoms with Gasteiger partial charge in [0.05, 0.1) is 6.26 Å². The third-order valence-corrected chi connectivity index (χ3v) is 3.82. The molecule has 0 amide bonds. The van der Waals surface area contributed by atoms with E-state index in [4.69, 9.17) is 0 Å². The van der Waals surface area contributed by atoms with E-state index in [9.17, 15) is 8.42 Å². The number of benzene rings is 1. The summed E-state index contributed by atoms with van der Waals surface area (Å²) in [6.45, 7) is 4.68. The number of aliphatic imine (C=N–C) groups is 1. The highest BCUT2D eigenvalue weighted by molar-refractivity contribution is 14.0. The van der Waals surface area contributed by atoms with E-state index in [-0.39, 0.29) is 24.0 Å². The Bertz CT molecular complexity index is 565. The first-order chi connectivity index (χ1) is 11.0. The number of halogens is 1. The molecule has 0 saturated heterocycles. The zero-order valence-electron chi connectivity index (χ0n) is 14.4. The largest absolute Gasteiger partial charge is 0.357 e. The van der Waals surface area contributed by atoms with Crippen molar-refractivity contribution in [3.05, 3.63) is 35.9 Å². The minimum absolute atomic E-state index is 0. The number of guanidine groups is 1. The molecule has 3 N–H and O–H groups in total. The Morgan fingerprint density at radius 1 is 1.08 bits per heavy atom. The topological polar surface area (TPSA) is 82.6 Å². The summed E-state index contributed by atoms with van der Waals surface area (Å²) in [6.07, 6.45) is 3.89. The second kappa shape index (κ2) is 13.4. The Kier molecular flexibility index (Phi) is 12.9. The first-order valence-electron chi connectivity index (χ1n) is 8.02. The summed E-state index contributed by atoms with van der Waals surface area (Å²) in [4.78, 5) is 4.53. The monoisotopic (exact) mass is 468 g/mol. The standard InChI is InChI=1S/C16H28N4O2S.HI/c1-3-17-16(19-13-8-14-20-23(2,21)22)18-12-7-11-15-9-5-4-6-10-15;/h4-6,9-10,20H,3,7-8,11-14H2,1-2H3,(H2,17,18,19);1H. The van der Waals surface area contributed by atoms with Crippen LogP contribution >= 0.6 is 24.0 Å². The molecule has 1 rings (SSSR count). The van der Waals surface area contributed by atoms with Gasteiger partial charge in [-0.25, -0.2) is 13.1 Å². The maximum atomic E-state index is 11.0. The summed E-state index contributed by atoms with van der Waals surface area (Å²) in [5.41, 5.74) is 1.33. The van der Waals surface area contributed by atoms with Crippen molar-refractivity contribution in [1.82, 2.24) is 15.4 Å². The fraction of sp³-hybridized carbons (Fsp3) is 0.562. The van der Waals surface area contributed by atoms with Crippen LogP contribution in [0.3, 0.4) is 0 Å². The van der Waals surface area contributed by atoms with E-state index in [0.29, 0.717) is 19.5 Å². The third-order valence-electron chi connectivity index (χ3n) is 3.09. The number of hydrogen-bond donors (Lipinski definition) is 3. The molecule has 8 heteroatoms. The summed E-state index contributed by atoms with van der Waals surface area (Å²) < 4.78 is 24.4. The van der Waals surface area contributed by atoms with E-state index in [1.54, 1.807) is 0 Å². The molecule has 0 radical (unpaired) electrons. The molecule has 0 aromatic heterocycles. The van der Waals surface area contributed by atoms with Crippen LogP contribution in [0.1, 0.15) is 25.3 Å². The summed E-state index contributed by atoms with van der Waals surface area (Å²) >= 11 is 0. The average Bonchev–Trinajstić information content (AvgIpc) is 2.51. The predicted molar refractivity (Wildman–Crippen MR) is 112 cm³/mol. The highest BCUT2D eigenvalue weighted by Crippen LogP contribution is 2.02. The molecule has 0 aliphatic carbocycles. The molecule has 0 aliphatic rings. The van der Waals surface area contributed by atoms with Gasteiger partial charge < -0.3 is 10.6 Å². The van der Waals surface area contributed by atoms with E-state index in [1.807, 2.05) is 13.0 Å². The van der Waals surface area contributed by atoms with Gasteiger partial charge in [-0.1, -0.05) is 30.3 Å². The van der Waals surface area contributed by atoms with Gasteiger partial charge in [-0.2, -0.15) is 0 Å². The lowest BCUT2D eigenvalue weighted by Crippen LogP contribution is -2.38. The Morgan fingerprint density at radius 2 is 1.79 bits per heavy atom. The third kappa shape index (κ3) is 12.5. The fourth-order valence-electron chi connectivity index (χ4n) is 2.01. The van der Waals surface area contributed by atoms with Gasteiger partial charge in [0.15, 0.2) is 5.96 Å². The van der Waals surface area contributed by atoms with Gasteiger partial charge in [0.1, 0.15) is 0 Å². The van der Waals surface area contributed by atoms with Crippen LogP contribution in [0.2, 0.25) is 0 Å². The van der Waals surface area contributed by atoms with Crippen molar-refractivity contribution < 1.29 is 8.42 Å². The van der Waals surface area contributed by atoms with Crippen molar-refractivity contribution in [2.45, 2.75) is 26.2 Å². The maximum absolute atomic E-state index is 11.0. The second-order valence-electron chi connectivity index (χ2n) is 5.30. The molecule has 0 spiro atoms. The van der Waals surface area contributed by atoms with Crippen LogP contribution in [0.15, 0.2) is 35.3 Å². The molecule has 138 valence electrons. The van der Waals surface area contributed by atoms with Gasteiger partial charge >= 0.3 is 0 Å². The normalized spacial score (nSPS) is 11.7. The predicted octanol–water partition coefficient (Wildman–Crippen LogP) is 1.73. The highest BCUT2D eigenvalue weighted by Gasteiger charge is 2.00. The molecular weight excluding hydrogens is 439 g/mol. The summed E-state index contributed by atoms with van der Waals surface area (Å²) in [5.74, 6) is 0.778. The van der Waals surface area contributed by atoms with Crippen LogP contribution in [-0.4, -0.2) is 46.8 Å². The van der Waals surface area contributed by atoms with E-state index in [2.05, 4.69) is 44.6 Å². The van der Waals surface area contributed by atoms with Crippen LogP contribution in [0.4, 0.5) is 0 Å². The van der Waals surface area contributed by atoms with E-state index < -0.39 is 10.0 Å². The van der Waals surface area contributed by atoms with E-state index >= 15 is 0 Å². The van der Waals surface area contributed by atoms with Gasteiger partial charge in [-0.3, -0.25) is 4.99 Å². The molecule has 0 aliphatic heterocycles. The van der Waals surface area contributed by atoms with Crippen molar-refractivity contribution in [3.63, 3.8) is 0 Å². The molecule has 0 heterocycles. The van der Waals surface area contributed by atoms with Crippen molar-refractivity contribution in [1.29, 1.82) is 0 Å². The molecule has 1 aromatic rings. The fourth-order valence-corrected chi connectivity index (χ4v) is 2.53. The number of rotatable bonds is 10. The smallest absolute Gasteiger partial charge is 0.208 e. The molecule has 24 heavy (non-hydrogen) atoms. The molecule has 0 atom stereocenters. The van der Waals surface area contributed by atoms with Crippen molar-refractivity contribution in [2.24, 2.45) is 4.99 Å². The number of hydrogen-bond acceptors (Lipinski definition) is 3. The van der Waals surface area contributed by atoms with E-state index in [1.165, 1.54) is 11.8 Å². The van der Waals surface area contributed by atoms with Gasteiger partial charge in [-0.15, -0.1) is 24.0 Å². The lowest BCUT2D eigenvalue weighted by molar-refractivity contribution is 0.584. The molecule has 0 unspecified atom stereocenters. The molecule has 6 nitrogen and oxygen atoms in total. The van der Waals surface area contributed by atoms with Crippen LogP contribution in [0.5, 0.6) is 0 Å². The van der Waals surface area contributed by atoms with Crippen LogP contribution in [0.25, 0.3) is 0 Å². The van der Waals surface area contributed by atoms with Crippen LogP contribution in [0, 0.1) is 0 Å². The van der Waals surface area contributed by atoms with Crippen LogP contribution < -0.4 is 15.4 Å². The minimum Gasteiger partial charge on any atom is -0.357 e. The minimum atomic E-state index is -3.10. The first kappa shape index (κ1) is 23.1. The molecule has 0 saturated carbocycles. The Morgan fingerprint density at radius 3 is 2.42 bits per heavy atom. The number of nitrogens with zero attached hydrogens (tertiary/aromatic N) is 1. The van der Waals surface area contributed by atoms with Crippen molar-refractivity contribution in [2.75, 3.05) is 32.4 Å². The highest BCUT2D eigenvalue weighted by atomic mass is 127. The van der Waals surface area contributed by atoms with Crippen molar-refractivity contribution in [3.8, 4) is 0 Å². The summed E-state index contributed by atoms with van der Waals surface area (Å²) in [5, 5.41) is 6.40.